The Balaban J connectivity index is 1.56. The van der Waals surface area contributed by atoms with Gasteiger partial charge in [-0.25, -0.2) is 5.43 Å². The van der Waals surface area contributed by atoms with Crippen molar-refractivity contribution in [2.24, 2.45) is 11.0 Å². The summed E-state index contributed by atoms with van der Waals surface area (Å²) in [6.07, 6.45) is 2.00. The van der Waals surface area contributed by atoms with Gasteiger partial charge in [-0.2, -0.15) is 5.10 Å². The third-order valence-electron chi connectivity index (χ3n) is 5.96. The number of hydrogen-bond donors (Lipinski definition) is 1. The van der Waals surface area contributed by atoms with Crippen LogP contribution in [0.25, 0.3) is 0 Å². The fourth-order valence-electron chi connectivity index (χ4n) is 4.25. The Hall–Kier alpha value is -4.20. The topological polar surface area (TPSA) is 103 Å². The maximum Gasteiger partial charge on any atom is 0.311 e. The number of hydrogen-bond acceptors (Lipinski definition) is 6. The number of nitrogens with zero attached hydrogens (tertiary/aromatic N) is 2. The number of methoxy groups -OCH3 is 2. The lowest BCUT2D eigenvalue weighted by molar-refractivity contribution is -0.385. The van der Waals surface area contributed by atoms with Crippen LogP contribution in [0.2, 0.25) is 0 Å². The van der Waals surface area contributed by atoms with Crippen LogP contribution in [-0.2, 0) is 10.2 Å². The van der Waals surface area contributed by atoms with Crippen LogP contribution < -0.4 is 14.9 Å². The fourth-order valence-corrected chi connectivity index (χ4v) is 4.25. The van der Waals surface area contributed by atoms with Gasteiger partial charge in [0, 0.05) is 23.1 Å². The SMILES string of the molecule is COc1cc(OC)c([N+](=O)[O-])cc1/C=N\NC(=O)[C@@H]1CC1(c1ccccc1)c1ccccc1. The summed E-state index contributed by atoms with van der Waals surface area (Å²) in [4.78, 5) is 23.8. The Morgan fingerprint density at radius 2 is 1.61 bits per heavy atom. The van der Waals surface area contributed by atoms with Gasteiger partial charge in [-0.1, -0.05) is 60.7 Å². The molecule has 0 spiro atoms. The van der Waals surface area contributed by atoms with Crippen molar-refractivity contribution in [2.75, 3.05) is 14.2 Å². The molecule has 0 aliphatic heterocycles. The number of hydrazone groups is 1. The number of nitro benzene ring substituents is 1. The predicted octanol–water partition coefficient (Wildman–Crippen LogP) is 4.07. The standard InChI is InChI=1S/C25H23N3O5/c1-32-22-14-23(33-2)21(28(30)31)13-17(22)16-26-27-24(29)20-15-25(20,18-9-5-3-6-10-18)19-11-7-4-8-12-19/h3-14,16,20H,15H2,1-2H3,(H,27,29)/b26-16-/t20-/m0/s1. The van der Waals surface area contributed by atoms with Crippen molar-refractivity contribution < 1.29 is 19.2 Å². The first kappa shape index (κ1) is 22.0. The Labute approximate surface area is 191 Å². The van der Waals surface area contributed by atoms with E-state index in [4.69, 9.17) is 9.47 Å². The molecule has 3 aromatic rings. The first-order chi connectivity index (χ1) is 16.0. The number of nitro groups is 1. The van der Waals surface area contributed by atoms with Gasteiger partial charge in [0.2, 0.25) is 11.7 Å². The minimum Gasteiger partial charge on any atom is -0.496 e. The minimum atomic E-state index is -0.549. The molecular weight excluding hydrogens is 422 g/mol. The molecule has 1 aliphatic carbocycles. The van der Waals surface area contributed by atoms with E-state index in [1.807, 2.05) is 60.7 Å². The third kappa shape index (κ3) is 4.15. The second-order valence-electron chi connectivity index (χ2n) is 7.72. The smallest absolute Gasteiger partial charge is 0.311 e. The molecule has 33 heavy (non-hydrogen) atoms. The summed E-state index contributed by atoms with van der Waals surface area (Å²) in [7, 11) is 2.78. The predicted molar refractivity (Wildman–Crippen MR) is 124 cm³/mol. The van der Waals surface area contributed by atoms with Crippen molar-refractivity contribution in [1.29, 1.82) is 0 Å². The zero-order valence-electron chi connectivity index (χ0n) is 18.2. The van der Waals surface area contributed by atoms with Crippen molar-refractivity contribution in [1.82, 2.24) is 5.43 Å². The van der Waals surface area contributed by atoms with Crippen molar-refractivity contribution >= 4 is 17.8 Å². The molecule has 0 heterocycles. The van der Waals surface area contributed by atoms with Crippen molar-refractivity contribution in [3.8, 4) is 11.5 Å². The van der Waals surface area contributed by atoms with Gasteiger partial charge in [-0.15, -0.1) is 0 Å². The number of benzene rings is 3. The Morgan fingerprint density at radius 1 is 1.03 bits per heavy atom. The van der Waals surface area contributed by atoms with Gasteiger partial charge in [0.25, 0.3) is 0 Å². The molecule has 3 aromatic carbocycles. The van der Waals surface area contributed by atoms with Crippen LogP contribution >= 0.6 is 0 Å². The maximum atomic E-state index is 13.0. The molecule has 1 aliphatic rings. The van der Waals surface area contributed by atoms with E-state index in [2.05, 4.69) is 10.5 Å². The monoisotopic (exact) mass is 445 g/mol. The highest BCUT2D eigenvalue weighted by Crippen LogP contribution is 2.58. The number of amides is 1. The third-order valence-corrected chi connectivity index (χ3v) is 5.96. The van der Waals surface area contributed by atoms with Gasteiger partial charge in [0.05, 0.1) is 31.3 Å². The van der Waals surface area contributed by atoms with Crippen LogP contribution in [0.4, 0.5) is 5.69 Å². The molecule has 168 valence electrons. The van der Waals surface area contributed by atoms with E-state index < -0.39 is 10.3 Å². The molecule has 8 heteroatoms. The van der Waals surface area contributed by atoms with Crippen LogP contribution in [0, 0.1) is 16.0 Å². The molecular formula is C25H23N3O5. The molecule has 0 radical (unpaired) electrons. The van der Waals surface area contributed by atoms with E-state index in [-0.39, 0.29) is 23.3 Å². The number of rotatable bonds is 8. The van der Waals surface area contributed by atoms with Crippen LogP contribution in [0.5, 0.6) is 11.5 Å². The lowest BCUT2D eigenvalue weighted by Gasteiger charge is -2.18. The lowest BCUT2D eigenvalue weighted by Crippen LogP contribution is -2.25. The second kappa shape index (κ2) is 9.12. The highest BCUT2D eigenvalue weighted by molar-refractivity contribution is 5.89. The summed E-state index contributed by atoms with van der Waals surface area (Å²) < 4.78 is 10.3. The summed E-state index contributed by atoms with van der Waals surface area (Å²) in [5.74, 6) is -0.0937. The summed E-state index contributed by atoms with van der Waals surface area (Å²) in [6.45, 7) is 0. The van der Waals surface area contributed by atoms with E-state index in [9.17, 15) is 14.9 Å². The number of carbonyl (C=O) groups is 1. The first-order valence-corrected chi connectivity index (χ1v) is 10.4. The summed E-state index contributed by atoms with van der Waals surface area (Å²) in [6, 6.07) is 22.6. The van der Waals surface area contributed by atoms with Gasteiger partial charge < -0.3 is 9.47 Å². The van der Waals surface area contributed by atoms with Crippen LogP contribution in [0.15, 0.2) is 77.9 Å². The van der Waals surface area contributed by atoms with Crippen LogP contribution in [-0.4, -0.2) is 31.3 Å². The Bertz CT molecular complexity index is 1160. The van der Waals surface area contributed by atoms with E-state index in [0.29, 0.717) is 17.7 Å². The Morgan fingerprint density at radius 3 is 2.12 bits per heavy atom. The highest BCUT2D eigenvalue weighted by atomic mass is 16.6. The van der Waals surface area contributed by atoms with Gasteiger partial charge in [-0.3, -0.25) is 14.9 Å². The molecule has 0 unspecified atom stereocenters. The molecule has 1 amide bonds. The van der Waals surface area contributed by atoms with Gasteiger partial charge in [0.15, 0.2) is 0 Å². The number of carbonyl (C=O) groups excluding carboxylic acids is 1. The molecule has 0 saturated heterocycles. The summed E-state index contributed by atoms with van der Waals surface area (Å²) in [5, 5.41) is 15.4. The molecule has 0 aromatic heterocycles. The van der Waals surface area contributed by atoms with Crippen molar-refractivity contribution in [2.45, 2.75) is 11.8 Å². The fraction of sp³-hybridized carbons (Fsp3) is 0.200. The first-order valence-electron chi connectivity index (χ1n) is 10.4. The highest BCUT2D eigenvalue weighted by Gasteiger charge is 2.60. The zero-order valence-corrected chi connectivity index (χ0v) is 18.2. The van der Waals surface area contributed by atoms with Gasteiger partial charge in [0.1, 0.15) is 5.75 Å². The van der Waals surface area contributed by atoms with Crippen molar-refractivity contribution in [3.63, 3.8) is 0 Å². The average Bonchev–Trinajstić information content (AvgIpc) is 3.62. The van der Waals surface area contributed by atoms with Crippen LogP contribution in [0.3, 0.4) is 0 Å². The zero-order chi connectivity index (χ0) is 23.4. The second-order valence-corrected chi connectivity index (χ2v) is 7.72. The van der Waals surface area contributed by atoms with Gasteiger partial charge in [-0.05, 0) is 17.5 Å². The van der Waals surface area contributed by atoms with Gasteiger partial charge >= 0.3 is 5.69 Å². The molecule has 8 nitrogen and oxygen atoms in total. The molecule has 1 atom stereocenters. The quantitative estimate of drug-likeness (QED) is 0.320. The number of nitrogens with one attached hydrogen (secondary N) is 1. The molecule has 0 bridgehead atoms. The molecule has 1 saturated carbocycles. The summed E-state index contributed by atoms with van der Waals surface area (Å²) >= 11 is 0. The molecule has 1 N–H and O–H groups in total. The van der Waals surface area contributed by atoms with Crippen molar-refractivity contribution in [3.05, 3.63) is 99.6 Å². The Kier molecular flexibility index (Phi) is 6.08. The van der Waals surface area contributed by atoms with E-state index >= 15 is 0 Å². The molecule has 4 rings (SSSR count). The van der Waals surface area contributed by atoms with E-state index in [0.717, 1.165) is 11.1 Å². The lowest BCUT2D eigenvalue weighted by atomic mass is 9.85. The number of ether oxygens (including phenoxy) is 2. The minimum absolute atomic E-state index is 0.0755. The average molecular weight is 445 g/mol. The normalized spacial score (nSPS) is 16.2. The summed E-state index contributed by atoms with van der Waals surface area (Å²) in [5.41, 5.74) is 4.46. The molecule has 1 fully saturated rings. The van der Waals surface area contributed by atoms with Crippen LogP contribution in [0.1, 0.15) is 23.1 Å². The maximum absolute atomic E-state index is 13.0. The van der Waals surface area contributed by atoms with E-state index in [1.165, 1.54) is 32.6 Å². The largest absolute Gasteiger partial charge is 0.496 e. The van der Waals surface area contributed by atoms with E-state index in [1.54, 1.807) is 0 Å².